The van der Waals surface area contributed by atoms with Crippen molar-refractivity contribution in [2.24, 2.45) is 0 Å². The van der Waals surface area contributed by atoms with E-state index in [2.05, 4.69) is 41.3 Å². The third-order valence-electron chi connectivity index (χ3n) is 7.59. The monoisotopic (exact) mass is 455 g/mol. The molecule has 1 unspecified atom stereocenters. The Morgan fingerprint density at radius 1 is 0.971 bits per heavy atom. The Morgan fingerprint density at radius 3 is 2.47 bits per heavy atom. The molecule has 0 saturated carbocycles. The highest BCUT2D eigenvalue weighted by atomic mass is 16.5. The van der Waals surface area contributed by atoms with Crippen molar-refractivity contribution in [3.8, 4) is 0 Å². The highest BCUT2D eigenvalue weighted by Crippen LogP contribution is 2.41. The lowest BCUT2D eigenvalue weighted by Gasteiger charge is -2.36. The van der Waals surface area contributed by atoms with Gasteiger partial charge >= 0.3 is 11.7 Å². The van der Waals surface area contributed by atoms with Crippen LogP contribution < -0.4 is 5.69 Å². The molecule has 34 heavy (non-hydrogen) atoms. The van der Waals surface area contributed by atoms with Gasteiger partial charge in [-0.05, 0) is 53.3 Å². The van der Waals surface area contributed by atoms with Crippen molar-refractivity contribution in [2.75, 3.05) is 19.7 Å². The maximum Gasteiger partial charge on any atom is 0.329 e. The van der Waals surface area contributed by atoms with Gasteiger partial charge in [0.1, 0.15) is 6.61 Å². The molecular weight excluding hydrogens is 426 g/mol. The number of carbonyl (C=O) groups excluding carboxylic acids is 1. The number of nitrogens with zero attached hydrogens (tertiary/aromatic N) is 3. The molecule has 6 heteroatoms. The van der Waals surface area contributed by atoms with Crippen LogP contribution >= 0.6 is 0 Å². The summed E-state index contributed by atoms with van der Waals surface area (Å²) in [4.78, 5) is 27.2. The average Bonchev–Trinajstić information content (AvgIpc) is 3.36. The SMILES string of the molecule is CC(=O)OCCn1c(=O)n(C2CCN(C3Cc4cccc5cccc3c45)CC2)c2ccccc21. The summed E-state index contributed by atoms with van der Waals surface area (Å²) in [6, 6.07) is 21.9. The van der Waals surface area contributed by atoms with E-state index in [1.165, 1.54) is 28.8 Å². The molecular formula is C28H29N3O3. The highest BCUT2D eigenvalue weighted by molar-refractivity contribution is 5.91. The van der Waals surface area contributed by atoms with E-state index < -0.39 is 0 Å². The number of piperidine rings is 1. The second-order valence-electron chi connectivity index (χ2n) is 9.48. The van der Waals surface area contributed by atoms with E-state index >= 15 is 0 Å². The molecule has 4 aromatic rings. The van der Waals surface area contributed by atoms with Gasteiger partial charge < -0.3 is 4.74 Å². The number of para-hydroxylation sites is 2. The first-order valence-electron chi connectivity index (χ1n) is 12.2. The van der Waals surface area contributed by atoms with Crippen LogP contribution in [0.2, 0.25) is 0 Å². The molecule has 3 aromatic carbocycles. The van der Waals surface area contributed by atoms with Gasteiger partial charge in [-0.2, -0.15) is 0 Å². The molecule has 1 aliphatic heterocycles. The lowest BCUT2D eigenvalue weighted by molar-refractivity contribution is -0.141. The molecule has 0 N–H and O–H groups in total. The van der Waals surface area contributed by atoms with Crippen LogP contribution in [-0.4, -0.2) is 39.7 Å². The Balaban J connectivity index is 1.24. The lowest BCUT2D eigenvalue weighted by atomic mass is 9.99. The van der Waals surface area contributed by atoms with Crippen LogP contribution in [0.1, 0.15) is 43.0 Å². The zero-order valence-corrected chi connectivity index (χ0v) is 19.4. The molecule has 1 aliphatic carbocycles. The number of carbonyl (C=O) groups is 1. The topological polar surface area (TPSA) is 56.5 Å². The molecule has 174 valence electrons. The Bertz CT molecular complexity index is 1440. The number of aromatic nitrogens is 2. The van der Waals surface area contributed by atoms with Gasteiger partial charge in [0, 0.05) is 32.1 Å². The van der Waals surface area contributed by atoms with E-state index in [9.17, 15) is 9.59 Å². The molecule has 2 aliphatic rings. The van der Waals surface area contributed by atoms with Crippen LogP contribution in [0.25, 0.3) is 21.8 Å². The molecule has 1 fully saturated rings. The molecule has 1 atom stereocenters. The number of fused-ring (bicyclic) bond motifs is 1. The lowest BCUT2D eigenvalue weighted by Crippen LogP contribution is -2.39. The van der Waals surface area contributed by atoms with Gasteiger partial charge in [0.15, 0.2) is 0 Å². The predicted octanol–water partition coefficient (Wildman–Crippen LogP) is 4.45. The fraction of sp³-hybridized carbons (Fsp3) is 0.357. The number of hydrogen-bond acceptors (Lipinski definition) is 4. The molecule has 0 spiro atoms. The first-order chi connectivity index (χ1) is 16.6. The Labute approximate surface area is 198 Å². The summed E-state index contributed by atoms with van der Waals surface area (Å²) in [5.41, 5.74) is 4.76. The maximum absolute atomic E-state index is 13.4. The van der Waals surface area contributed by atoms with Crippen LogP contribution in [0.3, 0.4) is 0 Å². The zero-order chi connectivity index (χ0) is 23.2. The maximum atomic E-state index is 13.4. The summed E-state index contributed by atoms with van der Waals surface area (Å²) in [7, 11) is 0. The third kappa shape index (κ3) is 3.44. The molecule has 0 bridgehead atoms. The number of ether oxygens (including phenoxy) is 1. The van der Waals surface area contributed by atoms with E-state index in [1.807, 2.05) is 28.8 Å². The normalized spacial score (nSPS) is 18.7. The first kappa shape index (κ1) is 21.2. The Morgan fingerprint density at radius 2 is 1.71 bits per heavy atom. The molecule has 1 saturated heterocycles. The van der Waals surface area contributed by atoms with Gasteiger partial charge in [-0.15, -0.1) is 0 Å². The standard InChI is InChI=1S/C28H29N3O3/c1-19(32)34-17-16-30-24-10-2-3-11-25(24)31(28(30)33)22-12-14-29(15-13-22)26-18-21-8-4-6-20-7-5-9-23(26)27(20)21/h2-11,22,26H,12-18H2,1H3. The van der Waals surface area contributed by atoms with Crippen LogP contribution in [-0.2, 0) is 22.5 Å². The number of hydrogen-bond donors (Lipinski definition) is 0. The molecule has 6 rings (SSSR count). The average molecular weight is 456 g/mol. The Kier molecular flexibility index (Phi) is 5.26. The van der Waals surface area contributed by atoms with Crippen molar-refractivity contribution in [2.45, 2.75) is 44.8 Å². The second kappa shape index (κ2) is 8.44. The number of benzene rings is 3. The summed E-state index contributed by atoms with van der Waals surface area (Å²) in [6.07, 6.45) is 2.96. The van der Waals surface area contributed by atoms with E-state index in [0.29, 0.717) is 12.6 Å². The van der Waals surface area contributed by atoms with Gasteiger partial charge in [0.25, 0.3) is 0 Å². The van der Waals surface area contributed by atoms with Crippen molar-refractivity contribution in [3.05, 3.63) is 82.3 Å². The zero-order valence-electron chi connectivity index (χ0n) is 19.4. The highest BCUT2D eigenvalue weighted by Gasteiger charge is 2.33. The minimum Gasteiger partial charge on any atom is -0.464 e. The molecule has 6 nitrogen and oxygen atoms in total. The number of imidazole rings is 1. The van der Waals surface area contributed by atoms with Gasteiger partial charge in [-0.3, -0.25) is 18.8 Å². The van der Waals surface area contributed by atoms with Gasteiger partial charge in [0.05, 0.1) is 17.6 Å². The minimum absolute atomic E-state index is 0.00941. The van der Waals surface area contributed by atoms with E-state index in [1.54, 1.807) is 4.57 Å². The van der Waals surface area contributed by atoms with Crippen molar-refractivity contribution >= 4 is 27.8 Å². The van der Waals surface area contributed by atoms with Gasteiger partial charge in [-0.1, -0.05) is 48.5 Å². The van der Waals surface area contributed by atoms with Crippen LogP contribution in [0, 0.1) is 0 Å². The van der Waals surface area contributed by atoms with Crippen molar-refractivity contribution in [1.29, 1.82) is 0 Å². The van der Waals surface area contributed by atoms with Gasteiger partial charge in [0.2, 0.25) is 0 Å². The predicted molar refractivity (Wildman–Crippen MR) is 133 cm³/mol. The summed E-state index contributed by atoms with van der Waals surface area (Å²) in [5, 5.41) is 2.77. The molecule has 2 heterocycles. The summed E-state index contributed by atoms with van der Waals surface area (Å²) in [5.74, 6) is -0.325. The van der Waals surface area contributed by atoms with Crippen molar-refractivity contribution in [1.82, 2.24) is 14.0 Å². The van der Waals surface area contributed by atoms with Crippen LogP contribution in [0.5, 0.6) is 0 Å². The summed E-state index contributed by atoms with van der Waals surface area (Å²) in [6.45, 7) is 3.91. The third-order valence-corrected chi connectivity index (χ3v) is 7.59. The van der Waals surface area contributed by atoms with Crippen LogP contribution in [0.15, 0.2) is 65.5 Å². The van der Waals surface area contributed by atoms with E-state index in [-0.39, 0.29) is 24.3 Å². The quantitative estimate of drug-likeness (QED) is 0.417. The fourth-order valence-corrected chi connectivity index (χ4v) is 6.08. The summed E-state index contributed by atoms with van der Waals surface area (Å²) < 4.78 is 8.84. The number of rotatable bonds is 5. The smallest absolute Gasteiger partial charge is 0.329 e. The Hall–Kier alpha value is -3.38. The number of likely N-dealkylation sites (tertiary alicyclic amines) is 1. The van der Waals surface area contributed by atoms with E-state index in [4.69, 9.17) is 4.74 Å². The van der Waals surface area contributed by atoms with Crippen molar-refractivity contribution in [3.63, 3.8) is 0 Å². The molecule has 0 radical (unpaired) electrons. The summed E-state index contributed by atoms with van der Waals surface area (Å²) >= 11 is 0. The number of esters is 1. The second-order valence-corrected chi connectivity index (χ2v) is 9.48. The van der Waals surface area contributed by atoms with E-state index in [0.717, 1.165) is 43.4 Å². The largest absolute Gasteiger partial charge is 0.464 e. The minimum atomic E-state index is -0.325. The van der Waals surface area contributed by atoms with Crippen molar-refractivity contribution < 1.29 is 9.53 Å². The fourth-order valence-electron chi connectivity index (χ4n) is 6.08. The molecule has 1 aromatic heterocycles. The first-order valence-corrected chi connectivity index (χ1v) is 12.2. The van der Waals surface area contributed by atoms with Crippen LogP contribution in [0.4, 0.5) is 0 Å². The molecule has 0 amide bonds. The van der Waals surface area contributed by atoms with Gasteiger partial charge in [-0.25, -0.2) is 4.79 Å².